The molecule has 2 aromatic carbocycles. The van der Waals surface area contributed by atoms with E-state index in [1.165, 1.54) is 22.6 Å². The molecule has 2 N–H and O–H groups in total. The second-order valence-corrected chi connectivity index (χ2v) is 6.78. The quantitative estimate of drug-likeness (QED) is 0.501. The zero-order valence-corrected chi connectivity index (χ0v) is 17.2. The van der Waals surface area contributed by atoms with E-state index < -0.39 is 0 Å². The number of likely N-dealkylation sites (N-methyl/N-ethyl adjacent to an activating group) is 1. The van der Waals surface area contributed by atoms with E-state index in [1.54, 1.807) is 27.3 Å². The number of hydrogen-bond donors (Lipinski definition) is 2. The van der Waals surface area contributed by atoms with Gasteiger partial charge >= 0.3 is 0 Å². The SMILES string of the molecule is COc1ccc(CCNC(=NCC(=O)N(C)C)NCCc2cccc(F)c2)cc1. The molecule has 0 aliphatic heterocycles. The molecule has 0 aliphatic rings. The number of carbonyl (C=O) groups excluding carboxylic acids is 1. The predicted molar refractivity (Wildman–Crippen MR) is 114 cm³/mol. The molecule has 0 aliphatic carbocycles. The molecule has 0 atom stereocenters. The average molecular weight is 400 g/mol. The maximum Gasteiger partial charge on any atom is 0.243 e. The maximum absolute atomic E-state index is 13.3. The molecule has 0 heterocycles. The van der Waals surface area contributed by atoms with Crippen molar-refractivity contribution in [2.24, 2.45) is 4.99 Å². The van der Waals surface area contributed by atoms with Gasteiger partial charge in [0.05, 0.1) is 7.11 Å². The first-order chi connectivity index (χ1) is 14.0. The highest BCUT2D eigenvalue weighted by atomic mass is 19.1. The van der Waals surface area contributed by atoms with E-state index in [1.807, 2.05) is 30.3 Å². The van der Waals surface area contributed by atoms with Crippen molar-refractivity contribution in [3.05, 3.63) is 65.5 Å². The number of aliphatic imine (C=N–C) groups is 1. The Morgan fingerprint density at radius 2 is 1.69 bits per heavy atom. The Balaban J connectivity index is 1.88. The smallest absolute Gasteiger partial charge is 0.243 e. The Morgan fingerprint density at radius 1 is 1.03 bits per heavy atom. The first kappa shape index (κ1) is 22.2. The fourth-order valence-corrected chi connectivity index (χ4v) is 2.60. The van der Waals surface area contributed by atoms with Gasteiger partial charge in [0.2, 0.25) is 5.91 Å². The van der Waals surface area contributed by atoms with E-state index >= 15 is 0 Å². The van der Waals surface area contributed by atoms with Crippen LogP contribution >= 0.6 is 0 Å². The number of nitrogens with zero attached hydrogens (tertiary/aromatic N) is 2. The second kappa shape index (κ2) is 11.7. The lowest BCUT2D eigenvalue weighted by atomic mass is 10.1. The number of rotatable bonds is 9. The minimum Gasteiger partial charge on any atom is -0.497 e. The lowest BCUT2D eigenvalue weighted by molar-refractivity contribution is -0.127. The van der Waals surface area contributed by atoms with Gasteiger partial charge < -0.3 is 20.3 Å². The number of ether oxygens (including phenoxy) is 1. The Hall–Kier alpha value is -3.09. The van der Waals surface area contributed by atoms with Crippen LogP contribution in [0.2, 0.25) is 0 Å². The van der Waals surface area contributed by atoms with E-state index in [2.05, 4.69) is 15.6 Å². The van der Waals surface area contributed by atoms with E-state index in [4.69, 9.17) is 4.74 Å². The lowest BCUT2D eigenvalue weighted by Crippen LogP contribution is -2.40. The molecule has 0 spiro atoms. The minimum atomic E-state index is -0.245. The van der Waals surface area contributed by atoms with Crippen LogP contribution in [0.5, 0.6) is 5.75 Å². The zero-order valence-electron chi connectivity index (χ0n) is 17.2. The van der Waals surface area contributed by atoms with Crippen molar-refractivity contribution in [1.29, 1.82) is 0 Å². The average Bonchev–Trinajstić information content (AvgIpc) is 2.71. The summed E-state index contributed by atoms with van der Waals surface area (Å²) >= 11 is 0. The van der Waals surface area contributed by atoms with Crippen molar-refractivity contribution in [3.63, 3.8) is 0 Å². The molecular formula is C22H29FN4O2. The van der Waals surface area contributed by atoms with Crippen molar-refractivity contribution in [1.82, 2.24) is 15.5 Å². The number of halogens is 1. The van der Waals surface area contributed by atoms with Gasteiger partial charge in [-0.15, -0.1) is 0 Å². The number of methoxy groups -OCH3 is 1. The predicted octanol–water partition coefficient (Wildman–Crippen LogP) is 2.24. The van der Waals surface area contributed by atoms with E-state index in [0.717, 1.165) is 17.7 Å². The molecule has 0 saturated carbocycles. The van der Waals surface area contributed by atoms with Gasteiger partial charge in [-0.1, -0.05) is 24.3 Å². The minimum absolute atomic E-state index is 0.0604. The van der Waals surface area contributed by atoms with E-state index in [-0.39, 0.29) is 18.3 Å². The zero-order chi connectivity index (χ0) is 21.1. The Kier molecular flexibility index (Phi) is 8.95. The summed E-state index contributed by atoms with van der Waals surface area (Å²) in [5.41, 5.74) is 2.07. The summed E-state index contributed by atoms with van der Waals surface area (Å²) in [6.45, 7) is 1.30. The fraction of sp³-hybridized carbons (Fsp3) is 0.364. The Labute approximate surface area is 171 Å². The topological polar surface area (TPSA) is 66.0 Å². The highest BCUT2D eigenvalue weighted by molar-refractivity contribution is 5.84. The molecule has 156 valence electrons. The van der Waals surface area contributed by atoms with Crippen molar-refractivity contribution in [3.8, 4) is 5.75 Å². The number of nitrogens with one attached hydrogen (secondary N) is 2. The van der Waals surface area contributed by atoms with Crippen LogP contribution in [0.3, 0.4) is 0 Å². The standard InChI is InChI=1S/C22H29FN4O2/c1-27(2)21(28)16-26-22(25-14-12-18-5-4-6-19(23)15-18)24-13-11-17-7-9-20(29-3)10-8-17/h4-10,15H,11-14,16H2,1-3H3,(H2,24,25,26). The van der Waals surface area contributed by atoms with Gasteiger partial charge in [0.15, 0.2) is 5.96 Å². The molecule has 0 unspecified atom stereocenters. The van der Waals surface area contributed by atoms with Crippen molar-refractivity contribution < 1.29 is 13.9 Å². The van der Waals surface area contributed by atoms with Gasteiger partial charge in [-0.25, -0.2) is 9.38 Å². The lowest BCUT2D eigenvalue weighted by Gasteiger charge is -2.14. The molecule has 0 bridgehead atoms. The van der Waals surface area contributed by atoms with Crippen LogP contribution in [0.1, 0.15) is 11.1 Å². The third kappa shape index (κ3) is 8.21. The number of hydrogen-bond acceptors (Lipinski definition) is 3. The third-order valence-electron chi connectivity index (χ3n) is 4.33. The molecular weight excluding hydrogens is 371 g/mol. The molecule has 29 heavy (non-hydrogen) atoms. The van der Waals surface area contributed by atoms with Crippen LogP contribution in [0.4, 0.5) is 4.39 Å². The largest absolute Gasteiger partial charge is 0.497 e. The molecule has 7 heteroatoms. The summed E-state index contributed by atoms with van der Waals surface area (Å²) in [6.07, 6.45) is 1.45. The van der Waals surface area contributed by atoms with Crippen LogP contribution in [0, 0.1) is 5.82 Å². The van der Waals surface area contributed by atoms with Gasteiger partial charge in [-0.05, 0) is 48.2 Å². The monoisotopic (exact) mass is 400 g/mol. The van der Waals surface area contributed by atoms with Gasteiger partial charge in [0.25, 0.3) is 0 Å². The van der Waals surface area contributed by atoms with Crippen LogP contribution in [-0.2, 0) is 17.6 Å². The van der Waals surface area contributed by atoms with Gasteiger partial charge in [-0.3, -0.25) is 4.79 Å². The van der Waals surface area contributed by atoms with Gasteiger partial charge in [0.1, 0.15) is 18.1 Å². The number of amides is 1. The Morgan fingerprint density at radius 3 is 2.28 bits per heavy atom. The second-order valence-electron chi connectivity index (χ2n) is 6.78. The number of carbonyl (C=O) groups is 1. The Bertz CT molecular complexity index is 807. The fourth-order valence-electron chi connectivity index (χ4n) is 2.60. The third-order valence-corrected chi connectivity index (χ3v) is 4.33. The van der Waals surface area contributed by atoms with Crippen LogP contribution in [0.15, 0.2) is 53.5 Å². The van der Waals surface area contributed by atoms with Crippen LogP contribution in [-0.4, -0.2) is 57.6 Å². The molecule has 0 saturated heterocycles. The maximum atomic E-state index is 13.3. The first-order valence-electron chi connectivity index (χ1n) is 9.57. The van der Waals surface area contributed by atoms with Crippen molar-refractivity contribution >= 4 is 11.9 Å². The number of benzene rings is 2. The molecule has 2 rings (SSSR count). The highest BCUT2D eigenvalue weighted by Gasteiger charge is 2.05. The summed E-state index contributed by atoms with van der Waals surface area (Å²) in [5.74, 6) is 1.06. The van der Waals surface area contributed by atoms with Crippen molar-refractivity contribution in [2.75, 3.05) is 40.8 Å². The molecule has 0 aromatic heterocycles. The first-order valence-corrected chi connectivity index (χ1v) is 9.57. The number of guanidine groups is 1. The van der Waals surface area contributed by atoms with Gasteiger partial charge in [0, 0.05) is 27.2 Å². The van der Waals surface area contributed by atoms with Gasteiger partial charge in [-0.2, -0.15) is 0 Å². The van der Waals surface area contributed by atoms with Crippen LogP contribution in [0.25, 0.3) is 0 Å². The molecule has 6 nitrogen and oxygen atoms in total. The van der Waals surface area contributed by atoms with E-state index in [9.17, 15) is 9.18 Å². The molecule has 2 aromatic rings. The summed E-state index contributed by atoms with van der Waals surface area (Å²) in [4.78, 5) is 17.7. The molecule has 0 fully saturated rings. The highest BCUT2D eigenvalue weighted by Crippen LogP contribution is 2.11. The summed E-state index contributed by atoms with van der Waals surface area (Å²) in [7, 11) is 5.04. The van der Waals surface area contributed by atoms with Crippen LogP contribution < -0.4 is 15.4 Å². The summed E-state index contributed by atoms with van der Waals surface area (Å²) in [5, 5.41) is 6.46. The summed E-state index contributed by atoms with van der Waals surface area (Å²) < 4.78 is 18.5. The van der Waals surface area contributed by atoms with E-state index in [0.29, 0.717) is 25.5 Å². The van der Waals surface area contributed by atoms with Crippen molar-refractivity contribution in [2.45, 2.75) is 12.8 Å². The molecule has 1 amide bonds. The molecule has 0 radical (unpaired) electrons. The summed E-state index contributed by atoms with van der Waals surface area (Å²) in [6, 6.07) is 14.4. The normalized spacial score (nSPS) is 11.1.